The molecular weight excluding hydrogens is 465 g/mol. The fraction of sp³-hybridized carbons (Fsp3) is 0.273. The van der Waals surface area contributed by atoms with Crippen molar-refractivity contribution in [3.05, 3.63) is 70.3 Å². The molecule has 12 heteroatoms. The quantitative estimate of drug-likeness (QED) is 0.517. The van der Waals surface area contributed by atoms with Crippen LogP contribution in [-0.4, -0.2) is 40.7 Å². The normalized spacial score (nSPS) is 21.3. The Bertz CT molecular complexity index is 1230. The summed E-state index contributed by atoms with van der Waals surface area (Å²) in [7, 11) is 0. The third kappa shape index (κ3) is 3.88. The Hall–Kier alpha value is -3.83. The standard InChI is InChI=1S/C22H16F5N3O4/c23-13-4-2-9(8-14(13)24)17(22(25,26)27)18-12-7-10(19(28)32)1-3-11(12)21(34)30(18)15-5-6-16(31)29-20(15)33/h1-4,7-8,15,17-18H,5-6H2,(H2,28,32)(H,29,31,33)/t15?,17-,18?/m1/s1. The van der Waals surface area contributed by atoms with Crippen LogP contribution in [0.2, 0.25) is 0 Å². The van der Waals surface area contributed by atoms with E-state index in [9.17, 15) is 41.1 Å². The maximum absolute atomic E-state index is 14.5. The van der Waals surface area contributed by atoms with Gasteiger partial charge >= 0.3 is 6.18 Å². The molecule has 2 aliphatic rings. The van der Waals surface area contributed by atoms with Crippen molar-refractivity contribution in [2.45, 2.75) is 37.0 Å². The van der Waals surface area contributed by atoms with Crippen molar-refractivity contribution in [3.8, 4) is 0 Å². The summed E-state index contributed by atoms with van der Waals surface area (Å²) in [6, 6.07) is 1.56. The molecule has 0 saturated carbocycles. The second-order valence-electron chi connectivity index (χ2n) is 7.98. The van der Waals surface area contributed by atoms with Gasteiger partial charge in [0.15, 0.2) is 11.6 Å². The molecule has 4 amide bonds. The second-order valence-corrected chi connectivity index (χ2v) is 7.98. The predicted octanol–water partition coefficient (Wildman–Crippen LogP) is 2.71. The van der Waals surface area contributed by atoms with E-state index in [1.807, 2.05) is 5.32 Å². The van der Waals surface area contributed by atoms with E-state index < -0.39 is 65.0 Å². The van der Waals surface area contributed by atoms with Gasteiger partial charge in [-0.1, -0.05) is 6.07 Å². The summed E-state index contributed by atoms with van der Waals surface area (Å²) in [5, 5.41) is 2.00. The van der Waals surface area contributed by atoms with E-state index in [0.717, 1.165) is 24.3 Å². The maximum Gasteiger partial charge on any atom is 0.398 e. The number of alkyl halides is 3. The number of nitrogens with one attached hydrogen (secondary N) is 1. The molecule has 2 aromatic rings. The van der Waals surface area contributed by atoms with Gasteiger partial charge in [0, 0.05) is 17.5 Å². The van der Waals surface area contributed by atoms with Crippen molar-refractivity contribution in [1.29, 1.82) is 0 Å². The van der Waals surface area contributed by atoms with E-state index in [2.05, 4.69) is 0 Å². The molecule has 0 aliphatic carbocycles. The monoisotopic (exact) mass is 481 g/mol. The number of halogens is 5. The number of nitrogens with two attached hydrogens (primary N) is 1. The van der Waals surface area contributed by atoms with Crippen molar-refractivity contribution in [1.82, 2.24) is 10.2 Å². The molecule has 3 N–H and O–H groups in total. The molecule has 3 atom stereocenters. The van der Waals surface area contributed by atoms with E-state index >= 15 is 0 Å². The van der Waals surface area contributed by atoms with E-state index in [0.29, 0.717) is 17.0 Å². The van der Waals surface area contributed by atoms with Crippen LogP contribution in [0, 0.1) is 11.6 Å². The van der Waals surface area contributed by atoms with Crippen molar-refractivity contribution < 1.29 is 41.1 Å². The van der Waals surface area contributed by atoms with Gasteiger partial charge in [0.1, 0.15) is 12.0 Å². The largest absolute Gasteiger partial charge is 0.398 e. The number of fused-ring (bicyclic) bond motifs is 1. The highest BCUT2D eigenvalue weighted by Gasteiger charge is 2.56. The lowest BCUT2D eigenvalue weighted by Crippen LogP contribution is -2.54. The fourth-order valence-electron chi connectivity index (χ4n) is 4.45. The van der Waals surface area contributed by atoms with Crippen molar-refractivity contribution in [3.63, 3.8) is 0 Å². The Morgan fingerprint density at radius 2 is 1.76 bits per heavy atom. The smallest absolute Gasteiger partial charge is 0.366 e. The number of benzene rings is 2. The van der Waals surface area contributed by atoms with Crippen LogP contribution in [0.3, 0.4) is 0 Å². The highest BCUT2D eigenvalue weighted by atomic mass is 19.4. The van der Waals surface area contributed by atoms with Gasteiger partial charge in [0.05, 0.1) is 6.04 Å². The van der Waals surface area contributed by atoms with Gasteiger partial charge in [-0.25, -0.2) is 8.78 Å². The predicted molar refractivity (Wildman–Crippen MR) is 105 cm³/mol. The summed E-state index contributed by atoms with van der Waals surface area (Å²) in [6.07, 6.45) is -5.57. The number of piperidine rings is 1. The number of amides is 4. The Morgan fingerprint density at radius 3 is 2.35 bits per heavy atom. The molecule has 34 heavy (non-hydrogen) atoms. The third-order valence-electron chi connectivity index (χ3n) is 5.94. The summed E-state index contributed by atoms with van der Waals surface area (Å²) < 4.78 is 70.8. The van der Waals surface area contributed by atoms with Crippen molar-refractivity contribution in [2.24, 2.45) is 5.73 Å². The highest BCUT2D eigenvalue weighted by molar-refractivity contribution is 6.06. The molecule has 2 unspecified atom stereocenters. The Balaban J connectivity index is 1.95. The molecule has 2 aromatic carbocycles. The van der Waals surface area contributed by atoms with Crippen LogP contribution in [-0.2, 0) is 9.59 Å². The van der Waals surface area contributed by atoms with Gasteiger partial charge in [-0.3, -0.25) is 24.5 Å². The molecule has 178 valence electrons. The molecule has 0 radical (unpaired) electrons. The zero-order valence-electron chi connectivity index (χ0n) is 17.2. The van der Waals surface area contributed by atoms with Crippen molar-refractivity contribution in [2.75, 3.05) is 0 Å². The van der Waals surface area contributed by atoms with Gasteiger partial charge in [-0.15, -0.1) is 0 Å². The van der Waals surface area contributed by atoms with Crippen LogP contribution in [0.15, 0.2) is 36.4 Å². The summed E-state index contributed by atoms with van der Waals surface area (Å²) >= 11 is 0. The van der Waals surface area contributed by atoms with Gasteiger partial charge < -0.3 is 10.6 Å². The van der Waals surface area contributed by atoms with Crippen LogP contribution in [0.1, 0.15) is 56.6 Å². The molecular formula is C22H16F5N3O4. The number of nitrogens with zero attached hydrogens (tertiary/aromatic N) is 1. The Labute approximate surface area is 188 Å². The molecule has 1 fully saturated rings. The molecule has 0 spiro atoms. The molecule has 0 aromatic heterocycles. The van der Waals surface area contributed by atoms with Crippen LogP contribution in [0.5, 0.6) is 0 Å². The van der Waals surface area contributed by atoms with E-state index in [4.69, 9.17) is 5.73 Å². The number of carbonyl (C=O) groups excluding carboxylic acids is 4. The first-order chi connectivity index (χ1) is 15.9. The van der Waals surface area contributed by atoms with E-state index in [1.54, 1.807) is 0 Å². The number of primary amides is 1. The molecule has 2 heterocycles. The van der Waals surface area contributed by atoms with Crippen LogP contribution in [0.4, 0.5) is 22.0 Å². The van der Waals surface area contributed by atoms with Gasteiger partial charge in [0.25, 0.3) is 5.91 Å². The zero-order chi connectivity index (χ0) is 24.9. The molecule has 1 saturated heterocycles. The first kappa shape index (κ1) is 23.3. The number of imide groups is 1. The van der Waals surface area contributed by atoms with Gasteiger partial charge in [0.2, 0.25) is 17.7 Å². The molecule has 7 nitrogen and oxygen atoms in total. The van der Waals surface area contributed by atoms with E-state index in [-0.39, 0.29) is 29.5 Å². The van der Waals surface area contributed by atoms with Gasteiger partial charge in [-0.2, -0.15) is 13.2 Å². The zero-order valence-corrected chi connectivity index (χ0v) is 17.2. The lowest BCUT2D eigenvalue weighted by Gasteiger charge is -2.39. The average molecular weight is 481 g/mol. The van der Waals surface area contributed by atoms with Crippen molar-refractivity contribution >= 4 is 23.6 Å². The van der Waals surface area contributed by atoms with Crippen LogP contribution in [0.25, 0.3) is 0 Å². The van der Waals surface area contributed by atoms with Gasteiger partial charge in [-0.05, 0) is 47.9 Å². The minimum atomic E-state index is -5.10. The fourth-order valence-corrected chi connectivity index (χ4v) is 4.45. The number of hydrogen-bond acceptors (Lipinski definition) is 4. The molecule has 0 bridgehead atoms. The Morgan fingerprint density at radius 1 is 1.06 bits per heavy atom. The SMILES string of the molecule is NC(=O)c1ccc2c(c1)C([C@@H](c1ccc(F)c(F)c1)C(F)(F)F)N(C1CCC(=O)NC1=O)C2=O. The van der Waals surface area contributed by atoms with E-state index in [1.165, 1.54) is 0 Å². The van der Waals surface area contributed by atoms with Crippen LogP contribution < -0.4 is 11.1 Å². The average Bonchev–Trinajstić information content (AvgIpc) is 3.01. The second kappa shape index (κ2) is 8.19. The summed E-state index contributed by atoms with van der Waals surface area (Å²) in [5.41, 5.74) is 3.91. The Kier molecular flexibility index (Phi) is 5.62. The molecule has 2 aliphatic heterocycles. The highest BCUT2D eigenvalue weighted by Crippen LogP contribution is 2.52. The lowest BCUT2D eigenvalue weighted by molar-refractivity contribution is -0.167. The summed E-state index contributed by atoms with van der Waals surface area (Å²) in [4.78, 5) is 49.7. The maximum atomic E-state index is 14.5. The van der Waals surface area contributed by atoms with Crippen LogP contribution >= 0.6 is 0 Å². The number of hydrogen-bond donors (Lipinski definition) is 2. The third-order valence-corrected chi connectivity index (χ3v) is 5.94. The molecule has 4 rings (SSSR count). The minimum absolute atomic E-state index is 0.187. The lowest BCUT2D eigenvalue weighted by atomic mass is 9.84. The summed E-state index contributed by atoms with van der Waals surface area (Å²) in [5.74, 6) is -9.02. The number of rotatable bonds is 4. The topological polar surface area (TPSA) is 110 Å². The first-order valence-corrected chi connectivity index (χ1v) is 10.0. The summed E-state index contributed by atoms with van der Waals surface area (Å²) in [6.45, 7) is 0. The first-order valence-electron chi connectivity index (χ1n) is 10.0. The minimum Gasteiger partial charge on any atom is -0.366 e. The number of carbonyl (C=O) groups is 4.